The van der Waals surface area contributed by atoms with Crippen molar-refractivity contribution in [1.29, 1.82) is 0 Å². The number of aromatic nitrogens is 1. The highest BCUT2D eigenvalue weighted by atomic mass is 19.4. The molecule has 0 spiro atoms. The molecule has 0 saturated carbocycles. The quantitative estimate of drug-likeness (QED) is 0.281. The Morgan fingerprint density at radius 3 is 2.00 bits per heavy atom. The van der Waals surface area contributed by atoms with Crippen molar-refractivity contribution in [1.82, 2.24) is 4.98 Å². The van der Waals surface area contributed by atoms with Gasteiger partial charge in [0.15, 0.2) is 5.82 Å². The second-order valence-electron chi connectivity index (χ2n) is 6.92. The summed E-state index contributed by atoms with van der Waals surface area (Å²) in [6, 6.07) is 10.7. The third-order valence-electron chi connectivity index (χ3n) is 4.96. The van der Waals surface area contributed by atoms with Gasteiger partial charge in [-0.15, -0.1) is 0 Å². The highest BCUT2D eigenvalue weighted by Gasteiger charge is 2.36. The van der Waals surface area contributed by atoms with Gasteiger partial charge < -0.3 is 0 Å². The molecular weight excluding hydrogens is 442 g/mol. The summed E-state index contributed by atoms with van der Waals surface area (Å²) in [6.45, 7) is 0. The van der Waals surface area contributed by atoms with Crippen LogP contribution in [0.15, 0.2) is 66.9 Å². The highest BCUT2D eigenvalue weighted by molar-refractivity contribution is 5.95. The van der Waals surface area contributed by atoms with Crippen LogP contribution in [0.25, 0.3) is 33.2 Å². The molecule has 0 radical (unpaired) electrons. The Balaban J connectivity index is 1.94. The number of benzene rings is 3. The molecule has 164 valence electrons. The first-order valence-electron chi connectivity index (χ1n) is 9.09. The lowest BCUT2D eigenvalue weighted by molar-refractivity contribution is -0.140. The Labute approximate surface area is 176 Å². The number of rotatable bonds is 2. The zero-order valence-corrected chi connectivity index (χ0v) is 15.8. The van der Waals surface area contributed by atoms with E-state index in [4.69, 9.17) is 0 Å². The van der Waals surface area contributed by atoms with Gasteiger partial charge in [-0.05, 0) is 47.0 Å². The molecule has 0 saturated heterocycles. The van der Waals surface area contributed by atoms with Gasteiger partial charge >= 0.3 is 12.4 Å². The van der Waals surface area contributed by atoms with E-state index in [0.29, 0.717) is 6.07 Å². The van der Waals surface area contributed by atoms with Crippen molar-refractivity contribution in [2.45, 2.75) is 12.4 Å². The third kappa shape index (κ3) is 3.79. The van der Waals surface area contributed by atoms with E-state index in [2.05, 4.69) is 4.98 Å². The van der Waals surface area contributed by atoms with Crippen LogP contribution in [0, 0.1) is 11.6 Å². The molecule has 0 aliphatic rings. The summed E-state index contributed by atoms with van der Waals surface area (Å²) in [5, 5.41) is -0.000310. The average Bonchev–Trinajstić information content (AvgIpc) is 2.73. The minimum Gasteiger partial charge on any atom is -0.253 e. The van der Waals surface area contributed by atoms with Crippen LogP contribution in [0.5, 0.6) is 0 Å². The van der Waals surface area contributed by atoms with Crippen molar-refractivity contribution >= 4 is 10.9 Å². The summed E-state index contributed by atoms with van der Waals surface area (Å²) >= 11 is 0. The normalized spacial score (nSPS) is 12.4. The van der Waals surface area contributed by atoms with Gasteiger partial charge in [0.2, 0.25) is 0 Å². The Kier molecular flexibility index (Phi) is 5.15. The first-order chi connectivity index (χ1) is 15.0. The monoisotopic (exact) mass is 453 g/mol. The maximum Gasteiger partial charge on any atom is 0.419 e. The summed E-state index contributed by atoms with van der Waals surface area (Å²) < 4.78 is 108. The van der Waals surface area contributed by atoms with Gasteiger partial charge in [-0.3, -0.25) is 4.98 Å². The predicted molar refractivity (Wildman–Crippen MR) is 103 cm³/mol. The molecule has 0 aliphatic heterocycles. The molecule has 0 bridgehead atoms. The topological polar surface area (TPSA) is 12.9 Å². The van der Waals surface area contributed by atoms with Gasteiger partial charge in [0, 0.05) is 17.1 Å². The second-order valence-corrected chi connectivity index (χ2v) is 6.92. The van der Waals surface area contributed by atoms with E-state index in [1.807, 2.05) is 0 Å². The van der Waals surface area contributed by atoms with Crippen LogP contribution in [0.4, 0.5) is 35.1 Å². The molecular formula is C23H11F8N. The van der Waals surface area contributed by atoms with E-state index in [9.17, 15) is 35.1 Å². The van der Waals surface area contributed by atoms with Crippen LogP contribution in [0.1, 0.15) is 11.1 Å². The van der Waals surface area contributed by atoms with Crippen molar-refractivity contribution in [3.8, 4) is 22.3 Å². The molecule has 4 aromatic rings. The van der Waals surface area contributed by atoms with Gasteiger partial charge in [0.25, 0.3) is 0 Å². The van der Waals surface area contributed by atoms with E-state index >= 15 is 0 Å². The van der Waals surface area contributed by atoms with Crippen molar-refractivity contribution in [3.05, 3.63) is 89.6 Å². The SMILES string of the molecule is Fc1ccc(-c2ccnc3c(F)c(C(F)(F)F)ccc23)cc1-c1ccccc1C(F)(F)F. The molecule has 9 heteroatoms. The van der Waals surface area contributed by atoms with E-state index in [0.717, 1.165) is 36.5 Å². The summed E-state index contributed by atoms with van der Waals surface area (Å²) in [4.78, 5) is 3.69. The van der Waals surface area contributed by atoms with E-state index in [1.54, 1.807) is 0 Å². The molecule has 0 unspecified atom stereocenters. The minimum atomic E-state index is -4.93. The van der Waals surface area contributed by atoms with Crippen LogP contribution in [0.2, 0.25) is 0 Å². The summed E-state index contributed by atoms with van der Waals surface area (Å²) in [5.41, 5.74) is -3.47. The molecule has 1 nitrogen and oxygen atoms in total. The molecule has 0 atom stereocenters. The van der Waals surface area contributed by atoms with Gasteiger partial charge in [-0.25, -0.2) is 8.78 Å². The van der Waals surface area contributed by atoms with Crippen molar-refractivity contribution in [2.75, 3.05) is 0 Å². The van der Waals surface area contributed by atoms with Gasteiger partial charge in [0.1, 0.15) is 11.3 Å². The van der Waals surface area contributed by atoms with Crippen LogP contribution in [-0.2, 0) is 12.4 Å². The van der Waals surface area contributed by atoms with E-state index in [1.165, 1.54) is 24.3 Å². The number of fused-ring (bicyclic) bond motifs is 1. The van der Waals surface area contributed by atoms with Crippen LogP contribution < -0.4 is 0 Å². The van der Waals surface area contributed by atoms with Gasteiger partial charge in [-0.1, -0.05) is 30.3 Å². The van der Waals surface area contributed by atoms with Crippen molar-refractivity contribution in [2.24, 2.45) is 0 Å². The Hall–Kier alpha value is -3.49. The first kappa shape index (κ1) is 21.7. The fourth-order valence-electron chi connectivity index (χ4n) is 3.52. The summed E-state index contributed by atoms with van der Waals surface area (Å²) in [6.07, 6.45) is -8.59. The smallest absolute Gasteiger partial charge is 0.253 e. The maximum atomic E-state index is 14.5. The van der Waals surface area contributed by atoms with Gasteiger partial charge in [-0.2, -0.15) is 26.3 Å². The van der Waals surface area contributed by atoms with Crippen LogP contribution >= 0.6 is 0 Å². The van der Waals surface area contributed by atoms with Crippen LogP contribution in [-0.4, -0.2) is 4.98 Å². The van der Waals surface area contributed by atoms with Crippen LogP contribution in [0.3, 0.4) is 0 Å². The zero-order chi connectivity index (χ0) is 23.3. The molecule has 0 fully saturated rings. The molecule has 0 amide bonds. The van der Waals surface area contributed by atoms with Crippen molar-refractivity contribution < 1.29 is 35.1 Å². The summed E-state index contributed by atoms with van der Waals surface area (Å²) in [7, 11) is 0. The molecule has 3 aromatic carbocycles. The largest absolute Gasteiger partial charge is 0.419 e. The molecule has 32 heavy (non-hydrogen) atoms. The molecule has 1 aromatic heterocycles. The summed E-state index contributed by atoms with van der Waals surface area (Å²) in [5.74, 6) is -2.49. The number of halogens is 8. The average molecular weight is 453 g/mol. The molecule has 0 aliphatic carbocycles. The Morgan fingerprint density at radius 1 is 0.625 bits per heavy atom. The molecule has 1 heterocycles. The van der Waals surface area contributed by atoms with E-state index < -0.39 is 46.2 Å². The zero-order valence-electron chi connectivity index (χ0n) is 15.8. The number of alkyl halides is 6. The van der Waals surface area contributed by atoms with E-state index in [-0.39, 0.29) is 22.1 Å². The highest BCUT2D eigenvalue weighted by Crippen LogP contribution is 2.40. The molecule has 4 rings (SSSR count). The molecule has 0 N–H and O–H groups in total. The third-order valence-corrected chi connectivity index (χ3v) is 4.96. The number of pyridine rings is 1. The number of hydrogen-bond acceptors (Lipinski definition) is 1. The fourth-order valence-corrected chi connectivity index (χ4v) is 3.52. The Morgan fingerprint density at radius 2 is 1.31 bits per heavy atom. The number of hydrogen-bond donors (Lipinski definition) is 0. The lowest BCUT2D eigenvalue weighted by Gasteiger charge is -2.15. The fraction of sp³-hybridized carbons (Fsp3) is 0.0870. The van der Waals surface area contributed by atoms with Gasteiger partial charge in [0.05, 0.1) is 11.1 Å². The number of nitrogens with zero attached hydrogens (tertiary/aromatic N) is 1. The first-order valence-corrected chi connectivity index (χ1v) is 9.09. The standard InChI is InChI=1S/C23H11F8N/c24-19-8-5-12(11-16(19)14-3-1-2-4-17(14)22(26,27)28)13-9-10-32-21-15(13)6-7-18(20(21)25)23(29,30)31/h1-11H. The maximum absolute atomic E-state index is 14.5. The lowest BCUT2D eigenvalue weighted by atomic mass is 9.93. The lowest BCUT2D eigenvalue weighted by Crippen LogP contribution is -2.08. The minimum absolute atomic E-state index is 0.000310. The predicted octanol–water partition coefficient (Wildman–Crippen LogP) is 7.88. The second kappa shape index (κ2) is 7.58. The van der Waals surface area contributed by atoms with Crippen molar-refractivity contribution in [3.63, 3.8) is 0 Å². The Bertz CT molecular complexity index is 1320.